The van der Waals surface area contributed by atoms with Gasteiger partial charge in [0, 0.05) is 17.5 Å². The van der Waals surface area contributed by atoms with Gasteiger partial charge >= 0.3 is 11.6 Å². The smallest absolute Gasteiger partial charge is 0.343 e. The summed E-state index contributed by atoms with van der Waals surface area (Å²) in [7, 11) is 3.09. The van der Waals surface area contributed by atoms with Gasteiger partial charge in [-0.2, -0.15) is 0 Å². The van der Waals surface area contributed by atoms with Crippen LogP contribution in [-0.4, -0.2) is 20.2 Å². The van der Waals surface area contributed by atoms with Gasteiger partial charge in [-0.25, -0.2) is 4.79 Å². The van der Waals surface area contributed by atoms with Gasteiger partial charge in [0.25, 0.3) is 0 Å². The Labute approximate surface area is 148 Å². The summed E-state index contributed by atoms with van der Waals surface area (Å²) in [6, 6.07) is 12.3. The molecule has 2 heterocycles. The van der Waals surface area contributed by atoms with Crippen LogP contribution in [0, 0.1) is 0 Å². The van der Waals surface area contributed by atoms with Crippen LogP contribution in [0.5, 0.6) is 17.2 Å². The summed E-state index contributed by atoms with van der Waals surface area (Å²) in [4.78, 5) is 24.9. The molecule has 0 radical (unpaired) electrons. The summed E-state index contributed by atoms with van der Waals surface area (Å²) in [6.07, 6.45) is 0.0266. The summed E-state index contributed by atoms with van der Waals surface area (Å²) in [5, 5.41) is 0.590. The van der Waals surface area contributed by atoms with Crippen LogP contribution in [-0.2, 0) is 4.79 Å². The quantitative estimate of drug-likeness (QED) is 0.532. The molecule has 1 aliphatic heterocycles. The fraction of sp³-hybridized carbons (Fsp3) is 0.200. The third-order valence-corrected chi connectivity index (χ3v) is 4.55. The van der Waals surface area contributed by atoms with E-state index in [4.69, 9.17) is 18.6 Å². The number of carbonyl (C=O) groups excluding carboxylic acids is 1. The molecule has 0 bridgehead atoms. The molecule has 6 heteroatoms. The predicted octanol–water partition coefficient (Wildman–Crippen LogP) is 3.25. The van der Waals surface area contributed by atoms with E-state index in [9.17, 15) is 9.59 Å². The van der Waals surface area contributed by atoms with Crippen molar-refractivity contribution in [2.24, 2.45) is 0 Å². The van der Waals surface area contributed by atoms with E-state index in [0.29, 0.717) is 33.6 Å². The zero-order valence-corrected chi connectivity index (χ0v) is 14.3. The number of hydrogen-bond acceptors (Lipinski definition) is 6. The van der Waals surface area contributed by atoms with Crippen LogP contribution in [0.25, 0.3) is 11.0 Å². The summed E-state index contributed by atoms with van der Waals surface area (Å²) in [5.41, 5.74) is 0.890. The third kappa shape index (κ3) is 2.50. The Morgan fingerprint density at radius 3 is 2.62 bits per heavy atom. The number of para-hydroxylation sites is 1. The van der Waals surface area contributed by atoms with Gasteiger partial charge < -0.3 is 18.6 Å². The van der Waals surface area contributed by atoms with Crippen molar-refractivity contribution >= 4 is 16.9 Å². The molecule has 3 aromatic rings. The summed E-state index contributed by atoms with van der Waals surface area (Å²) >= 11 is 0. The lowest BCUT2D eigenvalue weighted by Gasteiger charge is -2.25. The molecule has 132 valence electrons. The van der Waals surface area contributed by atoms with Crippen LogP contribution in [0.2, 0.25) is 0 Å². The first-order valence-corrected chi connectivity index (χ1v) is 8.10. The van der Waals surface area contributed by atoms with Crippen LogP contribution >= 0.6 is 0 Å². The van der Waals surface area contributed by atoms with Crippen LogP contribution in [0.1, 0.15) is 23.5 Å². The van der Waals surface area contributed by atoms with Crippen LogP contribution in [0.3, 0.4) is 0 Å². The largest absolute Gasteiger partial charge is 0.497 e. The minimum absolute atomic E-state index is 0.0266. The van der Waals surface area contributed by atoms with E-state index in [1.54, 1.807) is 49.6 Å². The molecule has 0 saturated carbocycles. The maximum atomic E-state index is 12.7. The molecular weight excluding hydrogens is 336 g/mol. The van der Waals surface area contributed by atoms with Gasteiger partial charge in [-0.15, -0.1) is 0 Å². The van der Waals surface area contributed by atoms with Crippen molar-refractivity contribution < 1.29 is 23.4 Å². The van der Waals surface area contributed by atoms with Gasteiger partial charge in [0.1, 0.15) is 17.1 Å². The second-order valence-corrected chi connectivity index (χ2v) is 5.97. The number of esters is 1. The highest BCUT2D eigenvalue weighted by atomic mass is 16.5. The van der Waals surface area contributed by atoms with Gasteiger partial charge in [-0.1, -0.05) is 18.2 Å². The van der Waals surface area contributed by atoms with E-state index in [1.165, 1.54) is 7.11 Å². The highest BCUT2D eigenvalue weighted by Gasteiger charge is 2.35. The van der Waals surface area contributed by atoms with E-state index in [-0.39, 0.29) is 12.2 Å². The van der Waals surface area contributed by atoms with Crippen molar-refractivity contribution in [2.45, 2.75) is 12.3 Å². The minimum atomic E-state index is -0.520. The highest BCUT2D eigenvalue weighted by molar-refractivity contribution is 5.90. The van der Waals surface area contributed by atoms with E-state index in [2.05, 4.69) is 0 Å². The van der Waals surface area contributed by atoms with Crippen LogP contribution in [0.4, 0.5) is 0 Å². The monoisotopic (exact) mass is 352 g/mol. The molecule has 0 fully saturated rings. The van der Waals surface area contributed by atoms with Crippen molar-refractivity contribution in [3.05, 3.63) is 64.0 Å². The topological polar surface area (TPSA) is 75.0 Å². The van der Waals surface area contributed by atoms with Crippen molar-refractivity contribution in [1.29, 1.82) is 0 Å². The van der Waals surface area contributed by atoms with E-state index in [0.717, 1.165) is 0 Å². The second kappa shape index (κ2) is 6.22. The predicted molar refractivity (Wildman–Crippen MR) is 94.1 cm³/mol. The molecule has 0 unspecified atom stereocenters. The summed E-state index contributed by atoms with van der Waals surface area (Å²) < 4.78 is 21.6. The lowest BCUT2D eigenvalue weighted by atomic mass is 9.86. The maximum Gasteiger partial charge on any atom is 0.343 e. The van der Waals surface area contributed by atoms with E-state index < -0.39 is 17.5 Å². The zero-order chi connectivity index (χ0) is 18.3. The van der Waals surface area contributed by atoms with Gasteiger partial charge in [0.2, 0.25) is 0 Å². The standard InChI is InChI=1S/C20H16O6/c1-23-11-7-8-12(16(9-11)24-2)14-10-17(21)26-19-13-5-3-4-6-15(13)25-20(22)18(14)19/h3-9,14H,10H2,1-2H3/t14-/m0/s1. The third-order valence-electron chi connectivity index (χ3n) is 4.55. The number of fused-ring (bicyclic) bond motifs is 3. The van der Waals surface area contributed by atoms with Crippen molar-refractivity contribution in [3.63, 3.8) is 0 Å². The molecule has 0 N–H and O–H groups in total. The maximum absolute atomic E-state index is 12.7. The zero-order valence-electron chi connectivity index (χ0n) is 14.3. The SMILES string of the molecule is COc1ccc([C@@H]2CC(=O)Oc3c2c(=O)oc2ccccc32)c(OC)c1. The fourth-order valence-corrected chi connectivity index (χ4v) is 3.34. The number of hydrogen-bond donors (Lipinski definition) is 0. The first-order valence-electron chi connectivity index (χ1n) is 8.10. The average molecular weight is 352 g/mol. The number of rotatable bonds is 3. The van der Waals surface area contributed by atoms with Gasteiger partial charge in [0.15, 0.2) is 5.75 Å². The molecule has 6 nitrogen and oxygen atoms in total. The Kier molecular flexibility index (Phi) is 3.88. The van der Waals surface area contributed by atoms with Crippen LogP contribution < -0.4 is 19.8 Å². The number of benzene rings is 2. The molecule has 1 aliphatic rings. The molecule has 26 heavy (non-hydrogen) atoms. The molecule has 4 rings (SSSR count). The van der Waals surface area contributed by atoms with Gasteiger partial charge in [0.05, 0.1) is 31.6 Å². The molecule has 0 aliphatic carbocycles. The lowest BCUT2D eigenvalue weighted by molar-refractivity contribution is -0.135. The van der Waals surface area contributed by atoms with E-state index in [1.807, 2.05) is 0 Å². The molecule has 1 aromatic heterocycles. The first kappa shape index (κ1) is 16.2. The van der Waals surface area contributed by atoms with E-state index >= 15 is 0 Å². The van der Waals surface area contributed by atoms with Crippen LogP contribution in [0.15, 0.2) is 51.7 Å². The Morgan fingerprint density at radius 1 is 1.04 bits per heavy atom. The van der Waals surface area contributed by atoms with Gasteiger partial charge in [-0.3, -0.25) is 4.79 Å². The highest BCUT2D eigenvalue weighted by Crippen LogP contribution is 2.43. The Hall–Kier alpha value is -3.28. The summed E-state index contributed by atoms with van der Waals surface area (Å²) in [5.74, 6) is 0.484. The normalized spacial score (nSPS) is 16.1. The summed E-state index contributed by atoms with van der Waals surface area (Å²) in [6.45, 7) is 0. The lowest BCUT2D eigenvalue weighted by Crippen LogP contribution is -2.27. The molecule has 0 saturated heterocycles. The number of methoxy groups -OCH3 is 2. The molecule has 2 aromatic carbocycles. The average Bonchev–Trinajstić information content (AvgIpc) is 2.66. The molecule has 0 spiro atoms. The fourth-order valence-electron chi connectivity index (χ4n) is 3.34. The molecule has 0 amide bonds. The van der Waals surface area contributed by atoms with Gasteiger partial charge in [-0.05, 0) is 18.2 Å². The second-order valence-electron chi connectivity index (χ2n) is 5.97. The number of carbonyl (C=O) groups is 1. The molecular formula is C20H16O6. The minimum Gasteiger partial charge on any atom is -0.497 e. The Bertz CT molecular complexity index is 1070. The van der Waals surface area contributed by atoms with Crippen molar-refractivity contribution in [1.82, 2.24) is 0 Å². The Morgan fingerprint density at radius 2 is 1.85 bits per heavy atom. The Balaban J connectivity index is 1.98. The number of ether oxygens (including phenoxy) is 3. The first-order chi connectivity index (χ1) is 12.6. The van der Waals surface area contributed by atoms with Crippen molar-refractivity contribution in [3.8, 4) is 17.2 Å². The van der Waals surface area contributed by atoms with Crippen molar-refractivity contribution in [2.75, 3.05) is 14.2 Å². The molecule has 1 atom stereocenters.